The number of hydrogen-bond acceptors (Lipinski definition) is 9. The molecule has 11 nitrogen and oxygen atoms in total. The molecule has 3 N–H and O–H groups in total. The van der Waals surface area contributed by atoms with Gasteiger partial charge in [0.05, 0.1) is 50.7 Å². The number of nitrogens with two attached hydrogens (primary N) is 1. The number of aromatic nitrogens is 2. The SMILES string of the molecule is CC(C)C(N)c1nc2ccccc2cc1Cc1ccccc1.CC(C)C(NCCCN1C(=O)c2ccccc2C1=O)c1nc2ccccc2cc1Cc1ccccc1.O=CCCN1C(=O)c2ccccc2C1=O. The molecule has 0 fully saturated rings. The van der Waals surface area contributed by atoms with Crippen LogP contribution in [0.5, 0.6) is 0 Å². The summed E-state index contributed by atoms with van der Waals surface area (Å²) in [7, 11) is 0. The molecule has 0 bridgehead atoms. The number of carbonyl (C=O) groups is 5. The summed E-state index contributed by atoms with van der Waals surface area (Å²) in [5.41, 5.74) is 17.4. The largest absolute Gasteiger partial charge is 0.322 e. The van der Waals surface area contributed by atoms with E-state index < -0.39 is 0 Å². The molecular formula is C62H62N6O5. The second-order valence-corrected chi connectivity index (χ2v) is 19.1. The topological polar surface area (TPSA) is 156 Å². The summed E-state index contributed by atoms with van der Waals surface area (Å²) in [6, 6.07) is 55.7. The minimum atomic E-state index is -0.308. The molecule has 4 heterocycles. The molecule has 73 heavy (non-hydrogen) atoms. The predicted molar refractivity (Wildman–Crippen MR) is 288 cm³/mol. The lowest BCUT2D eigenvalue weighted by Gasteiger charge is -2.25. The molecule has 2 atom stereocenters. The van der Waals surface area contributed by atoms with E-state index in [2.05, 4.69) is 124 Å². The van der Waals surface area contributed by atoms with Crippen LogP contribution >= 0.6 is 0 Å². The standard InChI is InChI=1S/C31H31N3O2.C20H22N2.C11H9NO3/c1-21(2)28(32-17-10-18-34-30(35)25-14-7-8-15-26(25)31(34)36)29-24(19-22-11-4-3-5-12-22)20-23-13-6-9-16-27(23)33-29;1-14(2)19(21)20-17(12-15-8-4-3-5-9-15)13-16-10-6-7-11-18(16)22-20;13-7-3-6-12-10(14)8-4-1-2-5-9(8)11(12)15/h3-9,11-16,20-21,28,32H,10,17-19H2,1-2H3;3-11,13-14,19H,12,21H2,1-2H3;1-2,4-5,7H,3,6H2. The smallest absolute Gasteiger partial charge is 0.261 e. The van der Waals surface area contributed by atoms with Crippen molar-refractivity contribution in [3.05, 3.63) is 226 Å². The monoisotopic (exact) mass is 970 g/mol. The van der Waals surface area contributed by atoms with Crippen LogP contribution in [0.4, 0.5) is 0 Å². The van der Waals surface area contributed by atoms with E-state index in [0.717, 1.165) is 45.5 Å². The first kappa shape index (κ1) is 51.4. The molecule has 4 amide bonds. The lowest BCUT2D eigenvalue weighted by molar-refractivity contribution is -0.107. The lowest BCUT2D eigenvalue weighted by Crippen LogP contribution is -2.34. The minimum Gasteiger partial charge on any atom is -0.322 e. The van der Waals surface area contributed by atoms with Crippen LogP contribution in [-0.4, -0.2) is 69.3 Å². The van der Waals surface area contributed by atoms with Gasteiger partial charge in [0.2, 0.25) is 0 Å². The van der Waals surface area contributed by atoms with Gasteiger partial charge in [-0.1, -0.05) is 149 Å². The second kappa shape index (κ2) is 24.0. The molecule has 0 spiro atoms. The molecule has 2 aliphatic heterocycles. The van der Waals surface area contributed by atoms with Crippen LogP contribution in [-0.2, 0) is 17.6 Å². The van der Waals surface area contributed by atoms with Crippen LogP contribution in [0.25, 0.3) is 21.8 Å². The van der Waals surface area contributed by atoms with Crippen molar-refractivity contribution in [2.45, 2.75) is 65.5 Å². The number of hydrogen-bond donors (Lipinski definition) is 2. The van der Waals surface area contributed by atoms with E-state index in [9.17, 15) is 24.0 Å². The molecule has 2 unspecified atom stereocenters. The number of fused-ring (bicyclic) bond motifs is 4. The number of rotatable bonds is 16. The highest BCUT2D eigenvalue weighted by Crippen LogP contribution is 2.30. The third-order valence-electron chi connectivity index (χ3n) is 13.3. The van der Waals surface area contributed by atoms with E-state index in [1.165, 1.54) is 32.5 Å². The van der Waals surface area contributed by atoms with E-state index in [4.69, 9.17) is 15.7 Å². The first-order valence-electron chi connectivity index (χ1n) is 25.1. The molecule has 0 saturated heterocycles. The third-order valence-corrected chi connectivity index (χ3v) is 13.3. The van der Waals surface area contributed by atoms with Crippen molar-refractivity contribution in [2.75, 3.05) is 19.6 Å². The van der Waals surface area contributed by atoms with Gasteiger partial charge in [0.15, 0.2) is 0 Å². The van der Waals surface area contributed by atoms with Gasteiger partial charge in [-0.15, -0.1) is 0 Å². The fourth-order valence-corrected chi connectivity index (χ4v) is 9.35. The number of aldehydes is 1. The normalized spacial score (nSPS) is 13.7. The number of pyridine rings is 2. The Bertz CT molecular complexity index is 3180. The van der Waals surface area contributed by atoms with Gasteiger partial charge in [-0.3, -0.25) is 38.9 Å². The zero-order valence-electron chi connectivity index (χ0n) is 41.9. The van der Waals surface area contributed by atoms with Crippen LogP contribution in [0, 0.1) is 11.8 Å². The molecule has 6 aromatic carbocycles. The Kier molecular flexibility index (Phi) is 16.9. The molecule has 0 saturated carbocycles. The van der Waals surface area contributed by atoms with E-state index >= 15 is 0 Å². The molecule has 2 aliphatic rings. The molecular weight excluding hydrogens is 909 g/mol. The third kappa shape index (κ3) is 12.0. The Labute approximate surface area is 427 Å². The number of para-hydroxylation sites is 2. The maximum atomic E-state index is 12.7. The average Bonchev–Trinajstić information content (AvgIpc) is 3.80. The van der Waals surface area contributed by atoms with E-state index in [-0.39, 0.29) is 48.7 Å². The average molecular weight is 971 g/mol. The molecule has 0 radical (unpaired) electrons. The van der Waals surface area contributed by atoms with Crippen molar-refractivity contribution in [3.8, 4) is 0 Å². The Hall–Kier alpha value is -7.99. The first-order valence-corrected chi connectivity index (χ1v) is 25.1. The summed E-state index contributed by atoms with van der Waals surface area (Å²) in [5, 5.41) is 6.00. The van der Waals surface area contributed by atoms with Gasteiger partial charge in [-0.25, -0.2) is 0 Å². The van der Waals surface area contributed by atoms with Crippen LogP contribution < -0.4 is 11.1 Å². The summed E-state index contributed by atoms with van der Waals surface area (Å²) < 4.78 is 0. The maximum absolute atomic E-state index is 12.7. The quantitative estimate of drug-likeness (QED) is 0.0547. The van der Waals surface area contributed by atoms with Crippen molar-refractivity contribution in [1.29, 1.82) is 0 Å². The summed E-state index contributed by atoms with van der Waals surface area (Å²) >= 11 is 0. The molecule has 0 aliphatic carbocycles. The summed E-state index contributed by atoms with van der Waals surface area (Å²) in [6.45, 7) is 9.93. The highest BCUT2D eigenvalue weighted by Gasteiger charge is 2.35. The number of carbonyl (C=O) groups excluding carboxylic acids is 5. The van der Waals surface area contributed by atoms with Gasteiger partial charge < -0.3 is 15.8 Å². The summed E-state index contributed by atoms with van der Waals surface area (Å²) in [4.78, 5) is 71.4. The van der Waals surface area contributed by atoms with E-state index in [1.54, 1.807) is 48.5 Å². The fourth-order valence-electron chi connectivity index (χ4n) is 9.35. The van der Waals surface area contributed by atoms with Gasteiger partial charge >= 0.3 is 0 Å². The van der Waals surface area contributed by atoms with Crippen molar-refractivity contribution < 1.29 is 24.0 Å². The molecule has 370 valence electrons. The highest BCUT2D eigenvalue weighted by molar-refractivity contribution is 6.22. The van der Waals surface area contributed by atoms with Gasteiger partial charge in [-0.05, 0) is 108 Å². The molecule has 10 rings (SSSR count). The predicted octanol–water partition coefficient (Wildman–Crippen LogP) is 11.2. The van der Waals surface area contributed by atoms with Crippen LogP contribution in [0.3, 0.4) is 0 Å². The van der Waals surface area contributed by atoms with Gasteiger partial charge in [0.25, 0.3) is 23.6 Å². The van der Waals surface area contributed by atoms with Gasteiger partial charge in [0, 0.05) is 36.3 Å². The maximum Gasteiger partial charge on any atom is 0.261 e. The van der Waals surface area contributed by atoms with Crippen molar-refractivity contribution >= 4 is 51.7 Å². The van der Waals surface area contributed by atoms with Crippen LogP contribution in [0.1, 0.15) is 128 Å². The number of nitrogens with zero attached hydrogens (tertiary/aromatic N) is 4. The van der Waals surface area contributed by atoms with Crippen molar-refractivity contribution in [3.63, 3.8) is 0 Å². The zero-order valence-corrected chi connectivity index (χ0v) is 41.9. The Balaban J connectivity index is 0.000000162. The van der Waals surface area contributed by atoms with Crippen LogP contribution in [0.15, 0.2) is 170 Å². The Morgan fingerprint density at radius 2 is 0.904 bits per heavy atom. The van der Waals surface area contributed by atoms with Gasteiger partial charge in [0.1, 0.15) is 6.29 Å². The summed E-state index contributed by atoms with van der Waals surface area (Å²) in [6.07, 6.45) is 3.24. The van der Waals surface area contributed by atoms with Gasteiger partial charge in [-0.2, -0.15) is 0 Å². The number of amides is 4. The second-order valence-electron chi connectivity index (χ2n) is 19.1. The van der Waals surface area contributed by atoms with Crippen molar-refractivity contribution in [1.82, 2.24) is 25.1 Å². The minimum absolute atomic E-state index is 0.0386. The Morgan fingerprint density at radius 1 is 0.507 bits per heavy atom. The molecule has 2 aromatic heterocycles. The van der Waals surface area contributed by atoms with Crippen molar-refractivity contribution in [2.24, 2.45) is 17.6 Å². The molecule has 8 aromatic rings. The number of imide groups is 2. The lowest BCUT2D eigenvalue weighted by atomic mass is 9.92. The Morgan fingerprint density at radius 3 is 1.34 bits per heavy atom. The molecule has 11 heteroatoms. The van der Waals surface area contributed by atoms with E-state index in [0.29, 0.717) is 59.9 Å². The zero-order chi connectivity index (χ0) is 51.4. The summed E-state index contributed by atoms with van der Waals surface area (Å²) in [5.74, 6) is -0.333. The fraction of sp³-hybridized carbons (Fsp3) is 0.242. The number of nitrogens with one attached hydrogen (secondary N) is 1. The number of benzene rings is 6. The van der Waals surface area contributed by atoms with E-state index in [1.807, 2.05) is 30.3 Å². The van der Waals surface area contributed by atoms with Crippen LogP contribution in [0.2, 0.25) is 0 Å². The highest BCUT2D eigenvalue weighted by atomic mass is 16.2. The first-order chi connectivity index (χ1) is 35.4.